The summed E-state index contributed by atoms with van der Waals surface area (Å²) in [7, 11) is 0. The van der Waals surface area contributed by atoms with Gasteiger partial charge in [-0.25, -0.2) is 4.39 Å². The van der Waals surface area contributed by atoms with Crippen LogP contribution in [0.2, 0.25) is 0 Å². The topological polar surface area (TPSA) is 27.1 Å². The van der Waals surface area contributed by atoms with Crippen LogP contribution in [0.1, 0.15) is 0 Å². The van der Waals surface area contributed by atoms with Gasteiger partial charge in [0.1, 0.15) is 17.3 Å². The summed E-state index contributed by atoms with van der Waals surface area (Å²) in [5.41, 5.74) is 2.50. The molecular formula is C14H9FN2O. The number of hydrogen-bond donors (Lipinski definition) is 0. The molecule has 3 heterocycles. The van der Waals surface area contributed by atoms with Gasteiger partial charge in [0.15, 0.2) is 6.73 Å². The van der Waals surface area contributed by atoms with Gasteiger partial charge in [0.05, 0.1) is 11.2 Å². The fraction of sp³-hybridized carbons (Fsp3) is 0.0714. The number of hydrogen-bond acceptors (Lipinski definition) is 2. The van der Waals surface area contributed by atoms with Gasteiger partial charge in [0, 0.05) is 11.6 Å². The first-order valence-corrected chi connectivity index (χ1v) is 5.70. The summed E-state index contributed by atoms with van der Waals surface area (Å²) in [4.78, 5) is 4.32. The van der Waals surface area contributed by atoms with Crippen LogP contribution in [-0.2, 0) is 6.73 Å². The molecule has 0 bridgehead atoms. The van der Waals surface area contributed by atoms with Crippen molar-refractivity contribution >= 4 is 10.9 Å². The van der Waals surface area contributed by atoms with E-state index in [2.05, 4.69) is 4.98 Å². The molecule has 3 nitrogen and oxygen atoms in total. The third kappa shape index (κ3) is 1.14. The summed E-state index contributed by atoms with van der Waals surface area (Å²) in [6.45, 7) is 0.390. The molecule has 0 saturated heterocycles. The number of benzene rings is 1. The Kier molecular flexibility index (Phi) is 1.78. The average molecular weight is 240 g/mol. The van der Waals surface area contributed by atoms with E-state index in [0.717, 1.165) is 22.7 Å². The highest BCUT2D eigenvalue weighted by molar-refractivity contribution is 5.88. The molecule has 3 aromatic rings. The van der Waals surface area contributed by atoms with Crippen LogP contribution in [0.25, 0.3) is 22.3 Å². The van der Waals surface area contributed by atoms with Crippen molar-refractivity contribution in [1.29, 1.82) is 0 Å². The van der Waals surface area contributed by atoms with E-state index in [0.29, 0.717) is 12.1 Å². The Labute approximate surface area is 102 Å². The molecule has 0 spiro atoms. The average Bonchev–Trinajstić information content (AvgIpc) is 2.79. The maximum atomic E-state index is 13.8. The molecular weight excluding hydrogens is 231 g/mol. The zero-order valence-corrected chi connectivity index (χ0v) is 9.43. The molecule has 1 aliphatic rings. The minimum Gasteiger partial charge on any atom is -0.470 e. The Morgan fingerprint density at radius 2 is 2.17 bits per heavy atom. The molecule has 88 valence electrons. The Balaban J connectivity index is 2.11. The SMILES string of the molecule is Fc1cccc2c1cc1n2COc2cccnc2-1. The maximum absolute atomic E-state index is 13.8. The van der Waals surface area contributed by atoms with Gasteiger partial charge in [-0.1, -0.05) is 6.07 Å². The minimum absolute atomic E-state index is 0.216. The van der Waals surface area contributed by atoms with Gasteiger partial charge < -0.3 is 9.30 Å². The number of halogens is 1. The molecule has 4 rings (SSSR count). The van der Waals surface area contributed by atoms with Crippen LogP contribution >= 0.6 is 0 Å². The van der Waals surface area contributed by atoms with Gasteiger partial charge in [-0.2, -0.15) is 0 Å². The summed E-state index contributed by atoms with van der Waals surface area (Å²) in [6, 6.07) is 10.6. The fourth-order valence-corrected chi connectivity index (χ4v) is 2.42. The number of ether oxygens (including phenoxy) is 1. The summed E-state index contributed by atoms with van der Waals surface area (Å²) >= 11 is 0. The predicted molar refractivity (Wildman–Crippen MR) is 65.8 cm³/mol. The molecule has 0 unspecified atom stereocenters. The van der Waals surface area contributed by atoms with Crippen LogP contribution in [0, 0.1) is 5.82 Å². The largest absolute Gasteiger partial charge is 0.470 e. The van der Waals surface area contributed by atoms with E-state index in [9.17, 15) is 4.39 Å². The zero-order valence-electron chi connectivity index (χ0n) is 9.43. The van der Waals surface area contributed by atoms with Gasteiger partial charge in [-0.15, -0.1) is 0 Å². The molecule has 0 atom stereocenters. The van der Waals surface area contributed by atoms with Crippen LogP contribution in [0.3, 0.4) is 0 Å². The van der Waals surface area contributed by atoms with Crippen molar-refractivity contribution in [2.75, 3.05) is 0 Å². The molecule has 1 aromatic carbocycles. The quantitative estimate of drug-likeness (QED) is 0.603. The van der Waals surface area contributed by atoms with Crippen LogP contribution < -0.4 is 4.74 Å². The Morgan fingerprint density at radius 3 is 3.11 bits per heavy atom. The molecule has 18 heavy (non-hydrogen) atoms. The highest BCUT2D eigenvalue weighted by atomic mass is 19.1. The van der Waals surface area contributed by atoms with Crippen molar-refractivity contribution in [2.24, 2.45) is 0 Å². The summed E-state index contributed by atoms with van der Waals surface area (Å²) in [6.07, 6.45) is 1.71. The van der Waals surface area contributed by atoms with E-state index in [1.54, 1.807) is 12.3 Å². The van der Waals surface area contributed by atoms with Crippen LogP contribution in [-0.4, -0.2) is 9.55 Å². The van der Waals surface area contributed by atoms with Crippen molar-refractivity contribution in [3.8, 4) is 17.1 Å². The number of aromatic nitrogens is 2. The highest BCUT2D eigenvalue weighted by Crippen LogP contribution is 2.36. The van der Waals surface area contributed by atoms with Crippen molar-refractivity contribution in [1.82, 2.24) is 9.55 Å². The smallest absolute Gasteiger partial charge is 0.165 e. The monoisotopic (exact) mass is 240 g/mol. The second-order valence-electron chi connectivity index (χ2n) is 4.25. The van der Waals surface area contributed by atoms with E-state index in [1.807, 2.05) is 28.8 Å². The lowest BCUT2D eigenvalue weighted by Crippen LogP contribution is -2.12. The third-order valence-electron chi connectivity index (χ3n) is 3.26. The Hall–Kier alpha value is -2.36. The zero-order chi connectivity index (χ0) is 12.1. The van der Waals surface area contributed by atoms with Crippen molar-refractivity contribution in [2.45, 2.75) is 6.73 Å². The number of rotatable bonds is 0. The summed E-state index contributed by atoms with van der Waals surface area (Å²) in [5, 5.41) is 0.606. The lowest BCUT2D eigenvalue weighted by Gasteiger charge is -2.19. The minimum atomic E-state index is -0.216. The molecule has 0 radical (unpaired) electrons. The van der Waals surface area contributed by atoms with Crippen LogP contribution in [0.5, 0.6) is 5.75 Å². The first kappa shape index (κ1) is 9.65. The summed E-state index contributed by atoms with van der Waals surface area (Å²) < 4.78 is 21.3. The van der Waals surface area contributed by atoms with Gasteiger partial charge in [0.25, 0.3) is 0 Å². The fourth-order valence-electron chi connectivity index (χ4n) is 2.42. The van der Waals surface area contributed by atoms with Crippen molar-refractivity contribution < 1.29 is 9.13 Å². The van der Waals surface area contributed by atoms with Gasteiger partial charge in [-0.3, -0.25) is 4.98 Å². The van der Waals surface area contributed by atoms with E-state index in [4.69, 9.17) is 4.74 Å². The molecule has 1 aliphatic heterocycles. The predicted octanol–water partition coefficient (Wildman–Crippen LogP) is 3.19. The molecule has 0 aliphatic carbocycles. The van der Waals surface area contributed by atoms with Gasteiger partial charge in [0.2, 0.25) is 0 Å². The number of fused-ring (bicyclic) bond motifs is 5. The van der Waals surface area contributed by atoms with E-state index in [-0.39, 0.29) is 5.82 Å². The Bertz CT molecular complexity index is 764. The summed E-state index contributed by atoms with van der Waals surface area (Å²) in [5.74, 6) is 0.528. The molecule has 0 saturated carbocycles. The second-order valence-corrected chi connectivity index (χ2v) is 4.25. The molecule has 0 N–H and O–H groups in total. The van der Waals surface area contributed by atoms with Gasteiger partial charge in [-0.05, 0) is 30.3 Å². The maximum Gasteiger partial charge on any atom is 0.165 e. The first-order valence-electron chi connectivity index (χ1n) is 5.70. The first-order chi connectivity index (χ1) is 8.84. The normalized spacial score (nSPS) is 12.9. The lowest BCUT2D eigenvalue weighted by atomic mass is 10.2. The molecule has 0 amide bonds. The molecule has 4 heteroatoms. The van der Waals surface area contributed by atoms with E-state index < -0.39 is 0 Å². The highest BCUT2D eigenvalue weighted by Gasteiger charge is 2.21. The molecule has 2 aromatic heterocycles. The third-order valence-corrected chi connectivity index (χ3v) is 3.26. The van der Waals surface area contributed by atoms with E-state index >= 15 is 0 Å². The van der Waals surface area contributed by atoms with Crippen molar-refractivity contribution in [3.05, 3.63) is 48.4 Å². The number of pyridine rings is 1. The lowest BCUT2D eigenvalue weighted by molar-refractivity contribution is 0.234. The second kappa shape index (κ2) is 3.32. The standard InChI is InChI=1S/C14H9FN2O/c15-10-3-1-4-11-9(10)7-12-14-13(5-2-6-16-14)18-8-17(11)12/h1-7H,8H2. The van der Waals surface area contributed by atoms with Crippen molar-refractivity contribution in [3.63, 3.8) is 0 Å². The Morgan fingerprint density at radius 1 is 1.22 bits per heavy atom. The van der Waals surface area contributed by atoms with Crippen LogP contribution in [0.15, 0.2) is 42.6 Å². The number of nitrogens with zero attached hydrogens (tertiary/aromatic N) is 2. The molecule has 0 fully saturated rings. The van der Waals surface area contributed by atoms with Crippen LogP contribution in [0.4, 0.5) is 4.39 Å². The van der Waals surface area contributed by atoms with Gasteiger partial charge >= 0.3 is 0 Å². The van der Waals surface area contributed by atoms with E-state index in [1.165, 1.54) is 6.07 Å².